The molecule has 1 aliphatic heterocycles. The molecule has 1 aliphatic rings. The van der Waals surface area contributed by atoms with Crippen LogP contribution in [0.4, 0.5) is 0 Å². The lowest BCUT2D eigenvalue weighted by atomic mass is 9.95. The SMILES string of the molecule is CCCOc1cccc(/C(O)=C2/C(=O)C(=O)N(CCN(C)C)C2c2cccc(OCc3ccccc3)c2)c1. The van der Waals surface area contributed by atoms with E-state index in [0.29, 0.717) is 48.9 Å². The number of carbonyl (C=O) groups excluding carboxylic acids is 2. The van der Waals surface area contributed by atoms with Crippen LogP contribution < -0.4 is 9.47 Å². The maximum absolute atomic E-state index is 13.3. The first-order valence-corrected chi connectivity index (χ1v) is 12.8. The fourth-order valence-electron chi connectivity index (χ4n) is 4.39. The molecule has 0 aromatic heterocycles. The zero-order valence-corrected chi connectivity index (χ0v) is 22.1. The Balaban J connectivity index is 1.73. The van der Waals surface area contributed by atoms with Crippen LogP contribution in [-0.4, -0.2) is 60.4 Å². The molecule has 0 aliphatic carbocycles. The first-order chi connectivity index (χ1) is 18.4. The third-order valence-corrected chi connectivity index (χ3v) is 6.33. The van der Waals surface area contributed by atoms with Gasteiger partial charge >= 0.3 is 0 Å². The monoisotopic (exact) mass is 514 g/mol. The number of likely N-dealkylation sites (tertiary alicyclic amines) is 1. The molecule has 1 fully saturated rings. The molecular weight excluding hydrogens is 480 g/mol. The van der Waals surface area contributed by atoms with Gasteiger partial charge in [-0.15, -0.1) is 0 Å². The molecule has 3 aromatic rings. The highest BCUT2D eigenvalue weighted by molar-refractivity contribution is 6.46. The first-order valence-electron chi connectivity index (χ1n) is 12.8. The lowest BCUT2D eigenvalue weighted by Crippen LogP contribution is -2.35. The number of Topliss-reactive ketones (excluding diaryl/α,β-unsaturated/α-hetero) is 1. The second-order valence-corrected chi connectivity index (χ2v) is 9.52. The molecule has 1 heterocycles. The molecule has 0 radical (unpaired) electrons. The molecule has 4 rings (SSSR count). The summed E-state index contributed by atoms with van der Waals surface area (Å²) < 4.78 is 11.7. The summed E-state index contributed by atoms with van der Waals surface area (Å²) in [5.74, 6) is -0.363. The van der Waals surface area contributed by atoms with E-state index in [-0.39, 0.29) is 11.3 Å². The second-order valence-electron chi connectivity index (χ2n) is 9.52. The fourth-order valence-corrected chi connectivity index (χ4v) is 4.39. The summed E-state index contributed by atoms with van der Waals surface area (Å²) in [5, 5.41) is 11.4. The Morgan fingerprint density at radius 3 is 2.34 bits per heavy atom. The molecule has 3 aromatic carbocycles. The van der Waals surface area contributed by atoms with Crippen molar-refractivity contribution in [2.45, 2.75) is 26.0 Å². The Kier molecular flexibility index (Phi) is 8.81. The van der Waals surface area contributed by atoms with Crippen molar-refractivity contribution in [3.8, 4) is 11.5 Å². The van der Waals surface area contributed by atoms with Crippen molar-refractivity contribution >= 4 is 17.4 Å². The van der Waals surface area contributed by atoms with E-state index in [1.165, 1.54) is 4.90 Å². The number of rotatable bonds is 11. The van der Waals surface area contributed by atoms with Crippen LogP contribution >= 0.6 is 0 Å². The molecule has 1 saturated heterocycles. The van der Waals surface area contributed by atoms with Gasteiger partial charge in [0, 0.05) is 18.7 Å². The van der Waals surface area contributed by atoms with Crippen LogP contribution in [0.25, 0.3) is 5.76 Å². The quantitative estimate of drug-likeness (QED) is 0.220. The zero-order valence-electron chi connectivity index (χ0n) is 22.1. The van der Waals surface area contributed by atoms with Crippen molar-refractivity contribution in [1.82, 2.24) is 9.80 Å². The van der Waals surface area contributed by atoms with Crippen LogP contribution in [0.2, 0.25) is 0 Å². The van der Waals surface area contributed by atoms with Gasteiger partial charge in [0.1, 0.15) is 23.9 Å². The molecule has 38 heavy (non-hydrogen) atoms. The Bertz CT molecular complexity index is 1300. The predicted molar refractivity (Wildman–Crippen MR) is 147 cm³/mol. The normalized spacial score (nSPS) is 16.7. The second kappa shape index (κ2) is 12.4. The topological polar surface area (TPSA) is 79.3 Å². The number of aliphatic hydroxyl groups is 1. The van der Waals surface area contributed by atoms with Gasteiger partial charge in [0.2, 0.25) is 0 Å². The summed E-state index contributed by atoms with van der Waals surface area (Å²) in [7, 11) is 3.82. The van der Waals surface area contributed by atoms with Crippen LogP contribution in [-0.2, 0) is 16.2 Å². The largest absolute Gasteiger partial charge is 0.507 e. The number of likely N-dealkylation sites (N-methyl/N-ethyl adjacent to an activating group) is 1. The fraction of sp³-hybridized carbons (Fsp3) is 0.290. The molecule has 1 amide bonds. The average molecular weight is 515 g/mol. The predicted octanol–water partition coefficient (Wildman–Crippen LogP) is 5.04. The number of ketones is 1. The van der Waals surface area contributed by atoms with Crippen molar-refractivity contribution in [2.24, 2.45) is 0 Å². The van der Waals surface area contributed by atoms with Crippen LogP contribution in [0.1, 0.15) is 36.1 Å². The number of hydrogen-bond acceptors (Lipinski definition) is 6. The van der Waals surface area contributed by atoms with Crippen LogP contribution in [0, 0.1) is 0 Å². The van der Waals surface area contributed by atoms with Crippen LogP contribution in [0.15, 0.2) is 84.4 Å². The van der Waals surface area contributed by atoms with Gasteiger partial charge in [-0.25, -0.2) is 0 Å². The number of nitrogens with zero attached hydrogens (tertiary/aromatic N) is 2. The van der Waals surface area contributed by atoms with Crippen molar-refractivity contribution < 1.29 is 24.2 Å². The smallest absolute Gasteiger partial charge is 0.295 e. The van der Waals surface area contributed by atoms with Gasteiger partial charge in [-0.1, -0.05) is 61.5 Å². The first kappa shape index (κ1) is 26.9. The Morgan fingerprint density at radius 2 is 1.63 bits per heavy atom. The van der Waals surface area contributed by atoms with Gasteiger partial charge in [-0.3, -0.25) is 9.59 Å². The third-order valence-electron chi connectivity index (χ3n) is 6.33. The maximum Gasteiger partial charge on any atom is 0.295 e. The molecular formula is C31H34N2O5. The molecule has 7 nitrogen and oxygen atoms in total. The Morgan fingerprint density at radius 1 is 0.921 bits per heavy atom. The number of hydrogen-bond donors (Lipinski definition) is 1. The highest BCUT2D eigenvalue weighted by atomic mass is 16.5. The third kappa shape index (κ3) is 6.23. The lowest BCUT2D eigenvalue weighted by Gasteiger charge is -2.27. The summed E-state index contributed by atoms with van der Waals surface area (Å²) in [6, 6.07) is 23.4. The molecule has 1 atom stereocenters. The Labute approximate surface area is 223 Å². The van der Waals surface area contributed by atoms with E-state index in [1.54, 1.807) is 24.3 Å². The number of ether oxygens (including phenoxy) is 2. The average Bonchev–Trinajstić information content (AvgIpc) is 3.19. The molecule has 1 unspecified atom stereocenters. The van der Waals surface area contributed by atoms with Crippen molar-refractivity contribution in [3.05, 3.63) is 101 Å². The highest BCUT2D eigenvalue weighted by Gasteiger charge is 2.46. The van der Waals surface area contributed by atoms with Crippen molar-refractivity contribution in [1.29, 1.82) is 0 Å². The molecule has 0 saturated carbocycles. The van der Waals surface area contributed by atoms with Crippen LogP contribution in [0.3, 0.4) is 0 Å². The van der Waals surface area contributed by atoms with Crippen LogP contribution in [0.5, 0.6) is 11.5 Å². The van der Waals surface area contributed by atoms with E-state index in [2.05, 4.69) is 0 Å². The van der Waals surface area contributed by atoms with E-state index in [1.807, 2.05) is 80.5 Å². The van der Waals surface area contributed by atoms with Gasteiger partial charge in [-0.05, 0) is 55.9 Å². The molecule has 0 spiro atoms. The van der Waals surface area contributed by atoms with E-state index in [4.69, 9.17) is 9.47 Å². The van der Waals surface area contributed by atoms with Gasteiger partial charge in [-0.2, -0.15) is 0 Å². The summed E-state index contributed by atoms with van der Waals surface area (Å²) in [6.07, 6.45) is 0.843. The molecule has 198 valence electrons. The minimum absolute atomic E-state index is 0.0570. The minimum Gasteiger partial charge on any atom is -0.507 e. The van der Waals surface area contributed by atoms with E-state index in [9.17, 15) is 14.7 Å². The lowest BCUT2D eigenvalue weighted by molar-refractivity contribution is -0.140. The zero-order chi connectivity index (χ0) is 27.1. The molecule has 0 bridgehead atoms. The maximum atomic E-state index is 13.3. The summed E-state index contributed by atoms with van der Waals surface area (Å²) >= 11 is 0. The van der Waals surface area contributed by atoms with Crippen molar-refractivity contribution in [3.63, 3.8) is 0 Å². The van der Waals surface area contributed by atoms with Gasteiger partial charge in [0.25, 0.3) is 11.7 Å². The van der Waals surface area contributed by atoms with Gasteiger partial charge < -0.3 is 24.4 Å². The summed E-state index contributed by atoms with van der Waals surface area (Å²) in [6.45, 7) is 3.82. The standard InChI is InChI=1S/C31H34N2O5/c1-4-18-37-25-14-9-13-24(20-25)29(34)27-28(33(17-16-32(2)3)31(36)30(27)35)23-12-8-15-26(19-23)38-21-22-10-6-5-7-11-22/h5-15,19-20,28,34H,4,16-18,21H2,1-3H3/b29-27-. The molecule has 7 heteroatoms. The van der Waals surface area contributed by atoms with E-state index < -0.39 is 17.7 Å². The number of carbonyl (C=O) groups is 2. The Hall–Kier alpha value is -4.10. The highest BCUT2D eigenvalue weighted by Crippen LogP contribution is 2.40. The number of benzene rings is 3. The number of amides is 1. The summed E-state index contributed by atoms with van der Waals surface area (Å²) in [4.78, 5) is 30.0. The summed E-state index contributed by atoms with van der Waals surface area (Å²) in [5.41, 5.74) is 2.20. The van der Waals surface area contributed by atoms with Crippen molar-refractivity contribution in [2.75, 3.05) is 33.8 Å². The van der Waals surface area contributed by atoms with E-state index >= 15 is 0 Å². The van der Waals surface area contributed by atoms with Gasteiger partial charge in [0.15, 0.2) is 0 Å². The number of aliphatic hydroxyl groups excluding tert-OH is 1. The van der Waals surface area contributed by atoms with Gasteiger partial charge in [0.05, 0.1) is 18.2 Å². The van der Waals surface area contributed by atoms with E-state index in [0.717, 1.165) is 12.0 Å². The minimum atomic E-state index is -0.754. The molecule has 1 N–H and O–H groups in total.